The molecule has 0 bridgehead atoms. The molecule has 154 valence electrons. The van der Waals surface area contributed by atoms with Crippen molar-refractivity contribution in [2.24, 2.45) is 0 Å². The Morgan fingerprint density at radius 2 is 1.87 bits per heavy atom. The predicted molar refractivity (Wildman–Crippen MR) is 118 cm³/mol. The lowest BCUT2D eigenvalue weighted by molar-refractivity contribution is -0.125. The maximum Gasteiger partial charge on any atom is 0.269 e. The van der Waals surface area contributed by atoms with E-state index < -0.39 is 6.10 Å². The molecule has 0 radical (unpaired) electrons. The highest BCUT2D eigenvalue weighted by molar-refractivity contribution is 5.97. The minimum Gasteiger partial charge on any atom is -0.485 e. The zero-order valence-corrected chi connectivity index (χ0v) is 17.1. The topological polar surface area (TPSA) is 63.7 Å². The van der Waals surface area contributed by atoms with E-state index in [0.717, 1.165) is 41.1 Å². The first kappa shape index (κ1) is 18.7. The Morgan fingerprint density at radius 1 is 1.07 bits per heavy atom. The van der Waals surface area contributed by atoms with Gasteiger partial charge in [0.2, 0.25) is 6.10 Å². The summed E-state index contributed by atoms with van der Waals surface area (Å²) in [6.45, 7) is 4.42. The van der Waals surface area contributed by atoms with Crippen LogP contribution in [0.1, 0.15) is 24.8 Å². The number of nitrogens with zero attached hydrogens (tertiary/aromatic N) is 2. The average molecular weight is 403 g/mol. The maximum absolute atomic E-state index is 12.7. The number of para-hydroxylation sites is 2. The molecule has 30 heavy (non-hydrogen) atoms. The molecule has 1 amide bonds. The molecule has 1 unspecified atom stereocenters. The average Bonchev–Trinajstić information content (AvgIpc) is 2.79. The Labute approximate surface area is 175 Å². The van der Waals surface area contributed by atoms with Gasteiger partial charge in [0.1, 0.15) is 12.4 Å². The summed E-state index contributed by atoms with van der Waals surface area (Å²) in [5.74, 6) is 2.08. The van der Waals surface area contributed by atoms with Gasteiger partial charge in [0.15, 0.2) is 11.5 Å². The minimum absolute atomic E-state index is 0.191. The van der Waals surface area contributed by atoms with Gasteiger partial charge in [0, 0.05) is 24.2 Å². The first-order valence-corrected chi connectivity index (χ1v) is 10.5. The number of nitrogens with one attached hydrogen (secondary N) is 1. The summed E-state index contributed by atoms with van der Waals surface area (Å²) >= 11 is 0. The lowest BCUT2D eigenvalue weighted by Crippen LogP contribution is -2.40. The molecule has 5 rings (SSSR count). The van der Waals surface area contributed by atoms with E-state index in [4.69, 9.17) is 14.5 Å². The molecule has 0 saturated carbocycles. The number of carbonyl (C=O) groups is 1. The second-order valence-electron chi connectivity index (χ2n) is 7.93. The van der Waals surface area contributed by atoms with Gasteiger partial charge in [0.05, 0.1) is 5.52 Å². The molecule has 0 spiro atoms. The first-order valence-electron chi connectivity index (χ1n) is 10.5. The molecular weight excluding hydrogens is 378 g/mol. The van der Waals surface area contributed by atoms with Gasteiger partial charge < -0.3 is 19.7 Å². The second kappa shape index (κ2) is 7.86. The third kappa shape index (κ3) is 3.65. The molecule has 2 aromatic carbocycles. The minimum atomic E-state index is -0.684. The van der Waals surface area contributed by atoms with E-state index in [9.17, 15) is 4.79 Å². The largest absolute Gasteiger partial charge is 0.485 e. The summed E-state index contributed by atoms with van der Waals surface area (Å²) in [5.41, 5.74) is 2.83. The Balaban J connectivity index is 1.34. The van der Waals surface area contributed by atoms with Crippen LogP contribution in [0.15, 0.2) is 48.5 Å². The monoisotopic (exact) mass is 403 g/mol. The molecule has 1 atom stereocenters. The van der Waals surface area contributed by atoms with Gasteiger partial charge in [-0.05, 0) is 68.1 Å². The normalized spacial score (nSPS) is 18.3. The molecule has 3 aromatic rings. The molecule has 0 aliphatic carbocycles. The van der Waals surface area contributed by atoms with Crippen LogP contribution in [0.4, 0.5) is 11.5 Å². The van der Waals surface area contributed by atoms with Crippen LogP contribution in [0.3, 0.4) is 0 Å². The highest BCUT2D eigenvalue weighted by Crippen LogP contribution is 2.31. The van der Waals surface area contributed by atoms with Crippen LogP contribution < -0.4 is 19.7 Å². The number of rotatable bonds is 3. The predicted octanol–water partition coefficient (Wildman–Crippen LogP) is 4.31. The quantitative estimate of drug-likeness (QED) is 0.706. The molecule has 1 saturated heterocycles. The second-order valence-corrected chi connectivity index (χ2v) is 7.93. The van der Waals surface area contributed by atoms with E-state index >= 15 is 0 Å². The van der Waals surface area contributed by atoms with Gasteiger partial charge in [-0.15, -0.1) is 0 Å². The van der Waals surface area contributed by atoms with Crippen molar-refractivity contribution < 1.29 is 14.3 Å². The highest BCUT2D eigenvalue weighted by atomic mass is 16.6. The summed E-state index contributed by atoms with van der Waals surface area (Å²) in [4.78, 5) is 19.9. The Bertz CT molecular complexity index is 1090. The van der Waals surface area contributed by atoms with Gasteiger partial charge in [0.25, 0.3) is 5.91 Å². The number of amides is 1. The molecule has 1 fully saturated rings. The summed E-state index contributed by atoms with van der Waals surface area (Å²) in [6, 6.07) is 15.4. The van der Waals surface area contributed by atoms with Crippen molar-refractivity contribution in [2.45, 2.75) is 32.3 Å². The molecule has 1 aromatic heterocycles. The van der Waals surface area contributed by atoms with Crippen molar-refractivity contribution in [1.29, 1.82) is 0 Å². The van der Waals surface area contributed by atoms with Gasteiger partial charge >= 0.3 is 0 Å². The van der Waals surface area contributed by atoms with Gasteiger partial charge in [-0.1, -0.05) is 12.1 Å². The van der Waals surface area contributed by atoms with Crippen LogP contribution in [0, 0.1) is 6.92 Å². The van der Waals surface area contributed by atoms with E-state index in [-0.39, 0.29) is 12.5 Å². The fourth-order valence-electron chi connectivity index (χ4n) is 4.11. The van der Waals surface area contributed by atoms with Crippen LogP contribution in [-0.4, -0.2) is 36.7 Å². The van der Waals surface area contributed by atoms with E-state index in [1.807, 2.05) is 36.4 Å². The number of piperidine rings is 1. The van der Waals surface area contributed by atoms with Crippen molar-refractivity contribution in [3.63, 3.8) is 0 Å². The number of hydrogen-bond donors (Lipinski definition) is 1. The summed E-state index contributed by atoms with van der Waals surface area (Å²) in [6.07, 6.45) is 3.06. The van der Waals surface area contributed by atoms with Crippen molar-refractivity contribution in [2.75, 3.05) is 29.9 Å². The number of pyridine rings is 1. The number of ether oxygens (including phenoxy) is 2. The van der Waals surface area contributed by atoms with Crippen LogP contribution in [0.2, 0.25) is 0 Å². The zero-order chi connectivity index (χ0) is 20.5. The fourth-order valence-corrected chi connectivity index (χ4v) is 4.11. The molecule has 6 nitrogen and oxygen atoms in total. The maximum atomic E-state index is 12.7. The molecule has 2 aliphatic heterocycles. The highest BCUT2D eigenvalue weighted by Gasteiger charge is 2.27. The summed E-state index contributed by atoms with van der Waals surface area (Å²) in [5, 5.41) is 4.00. The SMILES string of the molecule is Cc1cc(N2CCCCC2)nc2ccc(NC(=O)C3COc4ccccc4O3)cc12. The van der Waals surface area contributed by atoms with Crippen LogP contribution >= 0.6 is 0 Å². The van der Waals surface area contributed by atoms with Crippen molar-refractivity contribution in [3.8, 4) is 11.5 Å². The lowest BCUT2D eigenvalue weighted by Gasteiger charge is -2.28. The first-order chi connectivity index (χ1) is 14.7. The number of aryl methyl sites for hydroxylation is 1. The standard InChI is InChI=1S/C24H25N3O3/c1-16-13-23(27-11-5-2-6-12-27)26-19-10-9-17(14-18(16)19)25-24(28)22-15-29-20-7-3-4-8-21(20)30-22/h3-4,7-10,13-14,22H,2,5-6,11-12,15H2,1H3,(H,25,28). The smallest absolute Gasteiger partial charge is 0.269 e. The van der Waals surface area contributed by atoms with Crippen molar-refractivity contribution >= 4 is 28.3 Å². The van der Waals surface area contributed by atoms with Crippen LogP contribution in [-0.2, 0) is 4.79 Å². The van der Waals surface area contributed by atoms with E-state index in [0.29, 0.717) is 11.5 Å². The molecule has 1 N–H and O–H groups in total. The lowest BCUT2D eigenvalue weighted by atomic mass is 10.1. The van der Waals surface area contributed by atoms with E-state index in [1.54, 1.807) is 6.07 Å². The van der Waals surface area contributed by atoms with Gasteiger partial charge in [-0.2, -0.15) is 0 Å². The number of fused-ring (bicyclic) bond motifs is 2. The van der Waals surface area contributed by atoms with Crippen molar-refractivity contribution in [3.05, 3.63) is 54.1 Å². The van der Waals surface area contributed by atoms with Crippen LogP contribution in [0.5, 0.6) is 11.5 Å². The third-order valence-electron chi connectivity index (χ3n) is 5.75. The third-order valence-corrected chi connectivity index (χ3v) is 5.75. The van der Waals surface area contributed by atoms with E-state index in [2.05, 4.69) is 23.2 Å². The Kier molecular flexibility index (Phi) is 4.91. The summed E-state index contributed by atoms with van der Waals surface area (Å²) in [7, 11) is 0. The van der Waals surface area contributed by atoms with E-state index in [1.165, 1.54) is 19.3 Å². The van der Waals surface area contributed by atoms with Gasteiger partial charge in [-0.3, -0.25) is 4.79 Å². The number of aromatic nitrogens is 1. The summed E-state index contributed by atoms with van der Waals surface area (Å²) < 4.78 is 11.5. The fraction of sp³-hybridized carbons (Fsp3) is 0.333. The number of carbonyl (C=O) groups excluding carboxylic acids is 1. The van der Waals surface area contributed by atoms with Crippen molar-refractivity contribution in [1.82, 2.24) is 4.98 Å². The molecular formula is C24H25N3O3. The number of benzene rings is 2. The number of hydrogen-bond acceptors (Lipinski definition) is 5. The Morgan fingerprint density at radius 3 is 2.70 bits per heavy atom. The molecule has 2 aliphatic rings. The molecule has 6 heteroatoms. The number of anilines is 2. The zero-order valence-electron chi connectivity index (χ0n) is 17.1. The van der Waals surface area contributed by atoms with Crippen LogP contribution in [0.25, 0.3) is 10.9 Å². The Hall–Kier alpha value is -3.28. The van der Waals surface area contributed by atoms with Gasteiger partial charge in [-0.25, -0.2) is 4.98 Å². The molecule has 3 heterocycles.